The van der Waals surface area contributed by atoms with Gasteiger partial charge >= 0.3 is 0 Å². The van der Waals surface area contributed by atoms with Gasteiger partial charge in [0, 0.05) is 89.6 Å². The first kappa shape index (κ1) is 18.4. The van der Waals surface area contributed by atoms with Crippen molar-refractivity contribution in [1.29, 1.82) is 0 Å². The number of hydrazine groups is 3. The summed E-state index contributed by atoms with van der Waals surface area (Å²) >= 11 is 0. The van der Waals surface area contributed by atoms with Crippen molar-refractivity contribution in [2.45, 2.75) is 24.2 Å². The zero-order chi connectivity index (χ0) is 16.5. The predicted molar refractivity (Wildman–Crippen MR) is 95.2 cm³/mol. The zero-order valence-electron chi connectivity index (χ0n) is 14.4. The molecule has 3 saturated heterocycles. The van der Waals surface area contributed by atoms with Gasteiger partial charge in [-0.3, -0.25) is 32.6 Å². The second-order valence-corrected chi connectivity index (χ2v) is 6.80. The molecule has 0 spiro atoms. The van der Waals surface area contributed by atoms with Crippen molar-refractivity contribution in [2.24, 2.45) is 0 Å². The zero-order valence-corrected chi connectivity index (χ0v) is 14.4. The van der Waals surface area contributed by atoms with E-state index in [4.69, 9.17) is 0 Å². The first-order valence-corrected chi connectivity index (χ1v) is 9.21. The Labute approximate surface area is 144 Å². The van der Waals surface area contributed by atoms with Crippen LogP contribution in [0.1, 0.15) is 0 Å². The molecule has 3 heterocycles. The smallest absolute Gasteiger partial charge is 0.0345 e. The van der Waals surface area contributed by atoms with Crippen molar-refractivity contribution < 1.29 is 0 Å². The third-order valence-electron chi connectivity index (χ3n) is 4.28. The lowest BCUT2D eigenvalue weighted by Crippen LogP contribution is -2.53. The first-order valence-electron chi connectivity index (χ1n) is 9.21. The van der Waals surface area contributed by atoms with Crippen molar-refractivity contribution >= 4 is 0 Å². The summed E-state index contributed by atoms with van der Waals surface area (Å²) in [5.41, 5.74) is 19.7. The Bertz CT molecular complexity index is 312. The van der Waals surface area contributed by atoms with E-state index in [-0.39, 0.29) is 0 Å². The van der Waals surface area contributed by atoms with Crippen LogP contribution in [0.25, 0.3) is 0 Å². The van der Waals surface area contributed by atoms with E-state index in [1.54, 1.807) is 0 Å². The van der Waals surface area contributed by atoms with Gasteiger partial charge in [-0.05, 0) is 0 Å². The molecule has 3 atom stereocenters. The molecular formula is C14H34N10. The molecule has 0 bridgehead atoms. The lowest BCUT2D eigenvalue weighted by atomic mass is 10.3. The average Bonchev–Trinajstić information content (AvgIpc) is 3.45. The summed E-state index contributed by atoms with van der Waals surface area (Å²) in [5, 5.41) is 13.4. The fraction of sp³-hybridized carbons (Fsp3) is 1.00. The van der Waals surface area contributed by atoms with Gasteiger partial charge in [0.05, 0.1) is 0 Å². The summed E-state index contributed by atoms with van der Waals surface area (Å²) < 4.78 is 0. The van der Waals surface area contributed by atoms with Gasteiger partial charge in [0.25, 0.3) is 0 Å². The second-order valence-electron chi connectivity index (χ2n) is 6.80. The Morgan fingerprint density at radius 3 is 1.54 bits per heavy atom. The molecule has 0 radical (unpaired) electrons. The Morgan fingerprint density at radius 1 is 0.625 bits per heavy atom. The van der Waals surface area contributed by atoms with Crippen molar-refractivity contribution in [1.82, 2.24) is 53.8 Å². The van der Waals surface area contributed by atoms with Crippen LogP contribution in [0, 0.1) is 0 Å². The monoisotopic (exact) mass is 342 g/mol. The van der Waals surface area contributed by atoms with Crippen molar-refractivity contribution in [3.8, 4) is 0 Å². The van der Waals surface area contributed by atoms with Crippen LogP contribution in [0.15, 0.2) is 0 Å². The van der Waals surface area contributed by atoms with Gasteiger partial charge in [0.1, 0.15) is 0 Å². The second kappa shape index (κ2) is 10.6. The molecule has 0 aromatic carbocycles. The topological polar surface area (TPSA) is 150 Å². The largest absolute Gasteiger partial charge is 0.310 e. The summed E-state index contributed by atoms with van der Waals surface area (Å²) in [6.07, 6.45) is 0. The highest BCUT2D eigenvalue weighted by atomic mass is 15.4. The molecule has 0 amide bonds. The molecule has 0 aromatic heterocycles. The number of hydrogen-bond acceptors (Lipinski definition) is 10. The molecule has 0 aliphatic carbocycles. The molecule has 0 saturated carbocycles. The lowest BCUT2D eigenvalue weighted by molar-refractivity contribution is 0.386. The molecule has 10 N–H and O–H groups in total. The molecule has 24 heavy (non-hydrogen) atoms. The Hall–Kier alpha value is -0.400. The molecule has 10 nitrogen and oxygen atoms in total. The highest BCUT2D eigenvalue weighted by Crippen LogP contribution is 1.92. The van der Waals surface area contributed by atoms with E-state index >= 15 is 0 Å². The molecule has 140 valence electrons. The SMILES string of the molecule is C(CNC(CNNCC1CN1)CNNCC1CN1)NNCC1CN1. The van der Waals surface area contributed by atoms with Crippen LogP contribution in [-0.2, 0) is 0 Å². The number of rotatable bonds is 17. The maximum absolute atomic E-state index is 3.58. The highest BCUT2D eigenvalue weighted by molar-refractivity contribution is 4.86. The van der Waals surface area contributed by atoms with Gasteiger partial charge in [0.15, 0.2) is 0 Å². The summed E-state index contributed by atoms with van der Waals surface area (Å²) in [6.45, 7) is 9.93. The van der Waals surface area contributed by atoms with E-state index in [2.05, 4.69) is 53.8 Å². The lowest BCUT2D eigenvalue weighted by Gasteiger charge is -2.21. The van der Waals surface area contributed by atoms with Crippen LogP contribution in [0.4, 0.5) is 0 Å². The van der Waals surface area contributed by atoms with Crippen LogP contribution in [-0.4, -0.2) is 89.6 Å². The van der Waals surface area contributed by atoms with Gasteiger partial charge in [-0.2, -0.15) is 0 Å². The number of nitrogens with one attached hydrogen (secondary N) is 10. The average molecular weight is 342 g/mol. The van der Waals surface area contributed by atoms with E-state index in [0.29, 0.717) is 24.2 Å². The van der Waals surface area contributed by atoms with Crippen molar-refractivity contribution in [3.05, 3.63) is 0 Å². The van der Waals surface area contributed by atoms with E-state index < -0.39 is 0 Å². The Morgan fingerprint density at radius 2 is 1.08 bits per heavy atom. The number of hydrogen-bond donors (Lipinski definition) is 10. The van der Waals surface area contributed by atoms with Gasteiger partial charge < -0.3 is 21.3 Å². The molecule has 3 aliphatic heterocycles. The minimum Gasteiger partial charge on any atom is -0.310 e. The summed E-state index contributed by atoms with van der Waals surface area (Å²) in [6, 6.07) is 2.30. The minimum atomic E-state index is 0.358. The molecule has 3 rings (SSSR count). The maximum atomic E-state index is 3.58. The molecular weight excluding hydrogens is 308 g/mol. The standard InChI is InChI=1S/C14H34N10/c1(2-19-20-6-11-3-16-11)15-14(9-23-21-7-12-4-17-12)10-24-22-8-13-5-18-13/h11-24H,1-10H2. The van der Waals surface area contributed by atoms with Gasteiger partial charge in [-0.25, -0.2) is 0 Å². The van der Waals surface area contributed by atoms with E-state index in [1.165, 1.54) is 0 Å². The molecule has 3 aliphatic rings. The molecule has 3 fully saturated rings. The van der Waals surface area contributed by atoms with E-state index in [9.17, 15) is 0 Å². The molecule has 0 aromatic rings. The van der Waals surface area contributed by atoms with Gasteiger partial charge in [-0.15, -0.1) is 0 Å². The molecule has 3 unspecified atom stereocenters. The van der Waals surface area contributed by atoms with Crippen molar-refractivity contribution in [3.63, 3.8) is 0 Å². The van der Waals surface area contributed by atoms with Gasteiger partial charge in [-0.1, -0.05) is 0 Å². The third kappa shape index (κ3) is 9.18. The first-order chi connectivity index (χ1) is 11.9. The van der Waals surface area contributed by atoms with Crippen LogP contribution in [0.2, 0.25) is 0 Å². The van der Waals surface area contributed by atoms with Crippen LogP contribution >= 0.6 is 0 Å². The minimum absolute atomic E-state index is 0.358. The highest BCUT2D eigenvalue weighted by Gasteiger charge is 2.20. The van der Waals surface area contributed by atoms with E-state index in [1.807, 2.05) is 0 Å². The quantitative estimate of drug-likeness (QED) is 0.0708. The fourth-order valence-electron chi connectivity index (χ4n) is 2.30. The molecule has 10 heteroatoms. The van der Waals surface area contributed by atoms with E-state index in [0.717, 1.165) is 65.4 Å². The Balaban J connectivity index is 1.19. The van der Waals surface area contributed by atoms with Crippen LogP contribution < -0.4 is 53.8 Å². The summed E-state index contributed by atoms with van der Waals surface area (Å²) in [4.78, 5) is 0. The fourth-order valence-corrected chi connectivity index (χ4v) is 2.30. The summed E-state index contributed by atoms with van der Waals surface area (Å²) in [7, 11) is 0. The summed E-state index contributed by atoms with van der Waals surface area (Å²) in [5.74, 6) is 0. The van der Waals surface area contributed by atoms with Crippen molar-refractivity contribution in [2.75, 3.05) is 65.4 Å². The predicted octanol–water partition coefficient (Wildman–Crippen LogP) is -4.86. The Kier molecular flexibility index (Phi) is 8.09. The van der Waals surface area contributed by atoms with Crippen LogP contribution in [0.5, 0.6) is 0 Å². The maximum Gasteiger partial charge on any atom is 0.0345 e. The van der Waals surface area contributed by atoms with Gasteiger partial charge in [0.2, 0.25) is 0 Å². The third-order valence-corrected chi connectivity index (χ3v) is 4.28. The normalized spacial score (nSPS) is 28.8. The van der Waals surface area contributed by atoms with Crippen LogP contribution in [0.3, 0.4) is 0 Å².